The van der Waals surface area contributed by atoms with Gasteiger partial charge in [0.05, 0.1) is 5.69 Å². The summed E-state index contributed by atoms with van der Waals surface area (Å²) in [6.07, 6.45) is 2.00. The van der Waals surface area contributed by atoms with Crippen molar-refractivity contribution in [1.82, 2.24) is 4.98 Å². The fourth-order valence-electron chi connectivity index (χ4n) is 1.17. The molecule has 0 radical (unpaired) electrons. The molecule has 0 aromatic carbocycles. The fraction of sp³-hybridized carbons (Fsp3) is 0.667. The quantitative estimate of drug-likeness (QED) is 0.864. The number of aryl methyl sites for hydroxylation is 1. The Bertz CT molecular complexity index is 437. The third-order valence-corrected chi connectivity index (χ3v) is 5.33. The summed E-state index contributed by atoms with van der Waals surface area (Å²) in [4.78, 5) is 5.37. The van der Waals surface area contributed by atoms with Crippen molar-refractivity contribution in [3.63, 3.8) is 0 Å². The van der Waals surface area contributed by atoms with Crippen LogP contribution in [0.4, 0.5) is 0 Å². The largest absolute Gasteiger partial charge is 0.330 e. The Balaban J connectivity index is 3.02. The van der Waals surface area contributed by atoms with Crippen LogP contribution in [-0.4, -0.2) is 26.2 Å². The molecular weight excluding hydrogens is 232 g/mol. The van der Waals surface area contributed by atoms with Crippen molar-refractivity contribution < 1.29 is 8.42 Å². The number of sulfone groups is 1. The molecule has 0 spiro atoms. The number of aromatic nitrogens is 1. The van der Waals surface area contributed by atoms with Crippen LogP contribution >= 0.6 is 11.3 Å². The molecule has 0 saturated heterocycles. The highest BCUT2D eigenvalue weighted by atomic mass is 32.2. The van der Waals surface area contributed by atoms with Gasteiger partial charge in [0.1, 0.15) is 10.3 Å². The van der Waals surface area contributed by atoms with Crippen molar-refractivity contribution >= 4 is 21.2 Å². The van der Waals surface area contributed by atoms with Crippen LogP contribution in [0.15, 0.2) is 0 Å². The molecule has 1 rings (SSSR count). The summed E-state index contributed by atoms with van der Waals surface area (Å²) in [6.45, 7) is 4.12. The molecule has 86 valence electrons. The number of nitrogens with two attached hydrogens (primary N) is 1. The molecule has 1 atom stereocenters. The Kier molecular flexibility index (Phi) is 3.86. The zero-order valence-corrected chi connectivity index (χ0v) is 10.8. The van der Waals surface area contributed by atoms with Crippen molar-refractivity contribution in [2.45, 2.75) is 25.5 Å². The van der Waals surface area contributed by atoms with Gasteiger partial charge in [-0.1, -0.05) is 0 Å². The van der Waals surface area contributed by atoms with E-state index in [1.54, 1.807) is 6.92 Å². The molecule has 0 amide bonds. The van der Waals surface area contributed by atoms with Gasteiger partial charge in [-0.25, -0.2) is 13.4 Å². The molecule has 1 aromatic heterocycles. The molecule has 1 unspecified atom stereocenters. The van der Waals surface area contributed by atoms with E-state index in [2.05, 4.69) is 4.98 Å². The van der Waals surface area contributed by atoms with Gasteiger partial charge in [0, 0.05) is 11.1 Å². The van der Waals surface area contributed by atoms with E-state index >= 15 is 0 Å². The van der Waals surface area contributed by atoms with Gasteiger partial charge in [-0.05, 0) is 26.8 Å². The fourth-order valence-corrected chi connectivity index (χ4v) is 3.27. The minimum absolute atomic E-state index is 0.521. The van der Waals surface area contributed by atoms with Crippen LogP contribution in [0.5, 0.6) is 0 Å². The highest BCUT2D eigenvalue weighted by Crippen LogP contribution is 2.28. The summed E-state index contributed by atoms with van der Waals surface area (Å²) in [5.41, 5.74) is 6.36. The van der Waals surface area contributed by atoms with Gasteiger partial charge in [0.25, 0.3) is 0 Å². The topological polar surface area (TPSA) is 73.0 Å². The van der Waals surface area contributed by atoms with Crippen LogP contribution in [0.3, 0.4) is 0 Å². The van der Waals surface area contributed by atoms with Gasteiger partial charge in [0.2, 0.25) is 0 Å². The maximum atomic E-state index is 11.4. The van der Waals surface area contributed by atoms with E-state index < -0.39 is 15.1 Å². The second-order valence-corrected chi connectivity index (χ2v) is 7.05. The van der Waals surface area contributed by atoms with E-state index in [-0.39, 0.29) is 0 Å². The lowest BCUT2D eigenvalue weighted by atomic mass is 10.3. The van der Waals surface area contributed by atoms with Crippen LogP contribution in [0.2, 0.25) is 0 Å². The Morgan fingerprint density at radius 3 is 2.60 bits per heavy atom. The second kappa shape index (κ2) is 4.59. The molecule has 0 aliphatic rings. The predicted octanol–water partition coefficient (Wildman–Crippen LogP) is 1.06. The highest BCUT2D eigenvalue weighted by molar-refractivity contribution is 7.91. The van der Waals surface area contributed by atoms with Crippen molar-refractivity contribution in [3.8, 4) is 0 Å². The van der Waals surface area contributed by atoms with Gasteiger partial charge < -0.3 is 5.73 Å². The number of hydrogen-bond donors (Lipinski definition) is 1. The molecule has 15 heavy (non-hydrogen) atoms. The molecule has 4 nitrogen and oxygen atoms in total. The van der Waals surface area contributed by atoms with Crippen molar-refractivity contribution in [3.05, 3.63) is 15.6 Å². The van der Waals surface area contributed by atoms with Crippen molar-refractivity contribution in [2.75, 3.05) is 12.8 Å². The average molecular weight is 248 g/mol. The zero-order valence-electron chi connectivity index (χ0n) is 9.15. The summed E-state index contributed by atoms with van der Waals surface area (Å²) in [7, 11) is -3.06. The number of thiazole rings is 1. The van der Waals surface area contributed by atoms with Gasteiger partial charge in [-0.15, -0.1) is 11.3 Å². The van der Waals surface area contributed by atoms with Crippen LogP contribution in [0, 0.1) is 6.92 Å². The summed E-state index contributed by atoms with van der Waals surface area (Å²) in [5.74, 6) is 0. The minimum Gasteiger partial charge on any atom is -0.330 e. The molecule has 0 aliphatic carbocycles. The van der Waals surface area contributed by atoms with Gasteiger partial charge >= 0.3 is 0 Å². The van der Waals surface area contributed by atoms with E-state index in [1.165, 1.54) is 17.6 Å². The zero-order chi connectivity index (χ0) is 11.6. The van der Waals surface area contributed by atoms with Crippen molar-refractivity contribution in [1.29, 1.82) is 0 Å². The Hall–Kier alpha value is -0.460. The Labute approximate surface area is 94.4 Å². The normalized spacial score (nSPS) is 14.1. The van der Waals surface area contributed by atoms with Crippen molar-refractivity contribution in [2.24, 2.45) is 5.73 Å². The van der Waals surface area contributed by atoms with Crippen LogP contribution in [-0.2, 0) is 16.3 Å². The average Bonchev–Trinajstić information content (AvgIpc) is 2.46. The number of hydrogen-bond acceptors (Lipinski definition) is 5. The van der Waals surface area contributed by atoms with E-state index in [0.717, 1.165) is 17.0 Å². The summed E-state index contributed by atoms with van der Waals surface area (Å²) in [5, 5.41) is 0.145. The number of rotatable bonds is 4. The van der Waals surface area contributed by atoms with E-state index in [9.17, 15) is 8.42 Å². The monoisotopic (exact) mass is 248 g/mol. The lowest BCUT2D eigenvalue weighted by Gasteiger charge is -2.03. The van der Waals surface area contributed by atoms with E-state index in [4.69, 9.17) is 5.73 Å². The Morgan fingerprint density at radius 2 is 2.13 bits per heavy atom. The minimum atomic E-state index is -3.06. The second-order valence-electron chi connectivity index (χ2n) is 3.57. The molecule has 0 aliphatic heterocycles. The molecule has 2 N–H and O–H groups in total. The lowest BCUT2D eigenvalue weighted by Crippen LogP contribution is -2.07. The van der Waals surface area contributed by atoms with E-state index in [1.807, 2.05) is 6.92 Å². The first-order chi connectivity index (χ1) is 6.86. The molecular formula is C9H16N2O2S2. The molecule has 0 fully saturated rings. The maximum Gasteiger partial charge on any atom is 0.156 e. The molecule has 1 aromatic rings. The molecule has 6 heteroatoms. The number of nitrogens with zero attached hydrogens (tertiary/aromatic N) is 1. The highest BCUT2D eigenvalue weighted by Gasteiger charge is 2.21. The molecule has 0 bridgehead atoms. The predicted molar refractivity (Wildman–Crippen MR) is 62.9 cm³/mol. The first-order valence-electron chi connectivity index (χ1n) is 4.71. The van der Waals surface area contributed by atoms with Crippen LogP contribution < -0.4 is 5.73 Å². The smallest absolute Gasteiger partial charge is 0.156 e. The van der Waals surface area contributed by atoms with Gasteiger partial charge in [0.15, 0.2) is 9.84 Å². The summed E-state index contributed by atoms with van der Waals surface area (Å²) in [6, 6.07) is 0. The SMILES string of the molecule is Cc1nc(C(C)S(C)(=O)=O)sc1CCN. The van der Waals surface area contributed by atoms with Crippen LogP contribution in [0.1, 0.15) is 27.8 Å². The van der Waals surface area contributed by atoms with Gasteiger partial charge in [-0.2, -0.15) is 0 Å². The standard InChI is InChI=1S/C9H16N2O2S2/c1-6-8(4-5-10)14-9(11-6)7(2)15(3,12)13/h7H,4-5,10H2,1-3H3. The van der Waals surface area contributed by atoms with E-state index in [0.29, 0.717) is 11.6 Å². The summed E-state index contributed by atoms with van der Waals surface area (Å²) < 4.78 is 22.7. The first-order valence-corrected chi connectivity index (χ1v) is 7.48. The molecule has 1 heterocycles. The Morgan fingerprint density at radius 1 is 1.53 bits per heavy atom. The third kappa shape index (κ3) is 2.99. The van der Waals surface area contributed by atoms with Gasteiger partial charge in [-0.3, -0.25) is 0 Å². The maximum absolute atomic E-state index is 11.4. The first kappa shape index (κ1) is 12.6. The van der Waals surface area contributed by atoms with Crippen LogP contribution in [0.25, 0.3) is 0 Å². The summed E-state index contributed by atoms with van der Waals surface area (Å²) >= 11 is 1.45. The lowest BCUT2D eigenvalue weighted by molar-refractivity contribution is 0.592. The third-order valence-electron chi connectivity index (χ3n) is 2.27. The molecule has 0 saturated carbocycles.